The molecule has 0 bridgehead atoms. The second-order valence-corrected chi connectivity index (χ2v) is 8.20. The summed E-state index contributed by atoms with van der Waals surface area (Å²) in [5.74, 6) is -0.352. The van der Waals surface area contributed by atoms with Gasteiger partial charge in [-0.2, -0.15) is 0 Å². The van der Waals surface area contributed by atoms with Gasteiger partial charge in [-0.1, -0.05) is 18.2 Å². The third-order valence-corrected chi connectivity index (χ3v) is 6.07. The first-order valence-corrected chi connectivity index (χ1v) is 9.98. The number of aromatic nitrogens is 2. The van der Waals surface area contributed by atoms with Crippen molar-refractivity contribution in [2.24, 2.45) is 5.41 Å². The first-order valence-electron chi connectivity index (χ1n) is 9.98. The van der Waals surface area contributed by atoms with Crippen molar-refractivity contribution in [3.63, 3.8) is 0 Å². The highest BCUT2D eigenvalue weighted by molar-refractivity contribution is 5.76. The SMILES string of the molecule is O=C(Cn1[nH]c(=O)ccc1=O)N1CCC2(CCCN(Cc3ccccc3F)C2)C1. The Morgan fingerprint density at radius 2 is 1.90 bits per heavy atom. The molecule has 4 rings (SSSR count). The van der Waals surface area contributed by atoms with Gasteiger partial charge in [-0.15, -0.1) is 0 Å². The summed E-state index contributed by atoms with van der Waals surface area (Å²) >= 11 is 0. The van der Waals surface area contributed by atoms with Gasteiger partial charge in [0.1, 0.15) is 12.4 Å². The molecule has 1 aromatic carbocycles. The van der Waals surface area contributed by atoms with E-state index in [0.717, 1.165) is 43.1 Å². The number of nitrogens with zero attached hydrogens (tertiary/aromatic N) is 3. The third kappa shape index (κ3) is 4.32. The van der Waals surface area contributed by atoms with Crippen LogP contribution in [0, 0.1) is 11.2 Å². The summed E-state index contributed by atoms with van der Waals surface area (Å²) < 4.78 is 15.1. The van der Waals surface area contributed by atoms with E-state index in [1.807, 2.05) is 12.1 Å². The Hall–Kier alpha value is -2.74. The van der Waals surface area contributed by atoms with E-state index in [4.69, 9.17) is 0 Å². The van der Waals surface area contributed by atoms with Gasteiger partial charge in [-0.25, -0.2) is 9.07 Å². The van der Waals surface area contributed by atoms with E-state index in [1.165, 1.54) is 12.1 Å². The highest BCUT2D eigenvalue weighted by atomic mass is 19.1. The Morgan fingerprint density at radius 3 is 2.72 bits per heavy atom. The van der Waals surface area contributed by atoms with Crippen LogP contribution in [0.1, 0.15) is 24.8 Å². The Balaban J connectivity index is 1.40. The fourth-order valence-electron chi connectivity index (χ4n) is 4.61. The molecule has 3 heterocycles. The molecular weight excluding hydrogens is 375 g/mol. The van der Waals surface area contributed by atoms with Crippen LogP contribution in [0.15, 0.2) is 46.0 Å². The summed E-state index contributed by atoms with van der Waals surface area (Å²) in [6.07, 6.45) is 2.95. The summed E-state index contributed by atoms with van der Waals surface area (Å²) in [4.78, 5) is 40.0. The quantitative estimate of drug-likeness (QED) is 0.836. The first-order chi connectivity index (χ1) is 13.9. The highest BCUT2D eigenvalue weighted by Crippen LogP contribution is 2.39. The van der Waals surface area contributed by atoms with E-state index < -0.39 is 11.1 Å². The lowest BCUT2D eigenvalue weighted by atomic mass is 9.79. The van der Waals surface area contributed by atoms with Crippen LogP contribution in [0.25, 0.3) is 0 Å². The number of piperidine rings is 1. The molecule has 0 aliphatic carbocycles. The number of carbonyl (C=O) groups is 1. The molecule has 29 heavy (non-hydrogen) atoms. The van der Waals surface area contributed by atoms with Crippen molar-refractivity contribution in [2.75, 3.05) is 26.2 Å². The molecular formula is C21H25FN4O3. The molecule has 1 aromatic heterocycles. The van der Waals surface area contributed by atoms with Crippen molar-refractivity contribution in [1.29, 1.82) is 0 Å². The number of nitrogens with one attached hydrogen (secondary N) is 1. The maximum absolute atomic E-state index is 14.0. The number of likely N-dealkylation sites (tertiary alicyclic amines) is 2. The molecule has 2 saturated heterocycles. The third-order valence-electron chi connectivity index (χ3n) is 6.07. The lowest BCUT2D eigenvalue weighted by Gasteiger charge is -2.40. The van der Waals surface area contributed by atoms with Gasteiger partial charge >= 0.3 is 0 Å². The van der Waals surface area contributed by atoms with Crippen LogP contribution in [0.4, 0.5) is 4.39 Å². The second-order valence-electron chi connectivity index (χ2n) is 8.20. The van der Waals surface area contributed by atoms with Crippen LogP contribution in [0.2, 0.25) is 0 Å². The average Bonchev–Trinajstić information content (AvgIpc) is 3.10. The van der Waals surface area contributed by atoms with Crippen LogP contribution >= 0.6 is 0 Å². The molecule has 0 saturated carbocycles. The molecule has 2 aliphatic rings. The number of amides is 1. The predicted molar refractivity (Wildman–Crippen MR) is 106 cm³/mol. The number of H-pyrrole nitrogens is 1. The van der Waals surface area contributed by atoms with Gasteiger partial charge in [0.2, 0.25) is 5.91 Å². The zero-order valence-corrected chi connectivity index (χ0v) is 16.3. The van der Waals surface area contributed by atoms with Crippen LogP contribution in [-0.2, 0) is 17.9 Å². The van der Waals surface area contributed by atoms with E-state index in [9.17, 15) is 18.8 Å². The lowest BCUT2D eigenvalue weighted by Crippen LogP contribution is -2.45. The molecule has 8 heteroatoms. The minimum atomic E-state index is -0.411. The van der Waals surface area contributed by atoms with E-state index >= 15 is 0 Å². The van der Waals surface area contributed by atoms with Crippen LogP contribution in [0.5, 0.6) is 0 Å². The number of hydrogen-bond acceptors (Lipinski definition) is 4. The van der Waals surface area contributed by atoms with Gasteiger partial charge < -0.3 is 4.90 Å². The zero-order chi connectivity index (χ0) is 20.4. The van der Waals surface area contributed by atoms with Gasteiger partial charge in [-0.3, -0.25) is 24.4 Å². The van der Waals surface area contributed by atoms with Gasteiger partial charge in [0.05, 0.1) is 0 Å². The standard InChI is InChI=1S/C21H25FN4O3/c22-17-5-2-1-4-16(17)12-24-10-3-8-21(14-24)9-11-25(15-21)20(29)13-26-19(28)7-6-18(27)23-26/h1-2,4-7H,3,8-15H2,(H,23,27). The maximum atomic E-state index is 14.0. The fraction of sp³-hybridized carbons (Fsp3) is 0.476. The summed E-state index contributed by atoms with van der Waals surface area (Å²) in [5, 5.41) is 2.40. The summed E-state index contributed by atoms with van der Waals surface area (Å²) in [6, 6.07) is 9.17. The minimum Gasteiger partial charge on any atom is -0.340 e. The number of hydrogen-bond donors (Lipinski definition) is 1. The van der Waals surface area contributed by atoms with Crippen molar-refractivity contribution >= 4 is 5.91 Å². The Morgan fingerprint density at radius 1 is 1.07 bits per heavy atom. The molecule has 1 spiro atoms. The summed E-state index contributed by atoms with van der Waals surface area (Å²) in [5.41, 5.74) is -0.108. The predicted octanol–water partition coefficient (Wildman–Crippen LogP) is 1.19. The van der Waals surface area contributed by atoms with E-state index in [1.54, 1.807) is 11.0 Å². The van der Waals surface area contributed by atoms with E-state index in [2.05, 4.69) is 10.00 Å². The van der Waals surface area contributed by atoms with Crippen molar-refractivity contribution in [2.45, 2.75) is 32.4 Å². The molecule has 1 unspecified atom stereocenters. The van der Waals surface area contributed by atoms with Crippen LogP contribution in [0.3, 0.4) is 0 Å². The molecule has 1 amide bonds. The minimum absolute atomic E-state index is 0.00816. The van der Waals surface area contributed by atoms with Crippen molar-refractivity contribution in [1.82, 2.24) is 19.6 Å². The number of halogens is 1. The van der Waals surface area contributed by atoms with Gasteiger partial charge in [0.25, 0.3) is 11.1 Å². The van der Waals surface area contributed by atoms with E-state index in [0.29, 0.717) is 25.2 Å². The molecule has 2 aliphatic heterocycles. The Labute approximate surface area is 167 Å². The van der Waals surface area contributed by atoms with Crippen molar-refractivity contribution < 1.29 is 9.18 Å². The Kier molecular flexibility index (Phi) is 5.36. The number of rotatable bonds is 4. The topological polar surface area (TPSA) is 78.4 Å². The smallest absolute Gasteiger partial charge is 0.265 e. The van der Waals surface area contributed by atoms with Crippen LogP contribution in [-0.4, -0.2) is 51.7 Å². The molecule has 1 atom stereocenters. The molecule has 2 aromatic rings. The largest absolute Gasteiger partial charge is 0.340 e. The maximum Gasteiger partial charge on any atom is 0.265 e. The monoisotopic (exact) mass is 400 g/mol. The van der Waals surface area contributed by atoms with Crippen molar-refractivity contribution in [3.05, 3.63) is 68.5 Å². The fourth-order valence-corrected chi connectivity index (χ4v) is 4.61. The average molecular weight is 400 g/mol. The number of carbonyl (C=O) groups excluding carboxylic acids is 1. The van der Waals surface area contributed by atoms with E-state index in [-0.39, 0.29) is 23.7 Å². The Bertz CT molecular complexity index is 1020. The summed E-state index contributed by atoms with van der Waals surface area (Å²) in [7, 11) is 0. The first kappa shape index (κ1) is 19.6. The molecule has 154 valence electrons. The number of benzene rings is 1. The second kappa shape index (κ2) is 7.94. The zero-order valence-electron chi connectivity index (χ0n) is 16.3. The number of aromatic amines is 1. The summed E-state index contributed by atoms with van der Waals surface area (Å²) in [6.45, 7) is 3.43. The van der Waals surface area contributed by atoms with Crippen LogP contribution < -0.4 is 11.1 Å². The highest BCUT2D eigenvalue weighted by Gasteiger charge is 2.42. The molecule has 1 N–H and O–H groups in total. The van der Waals surface area contributed by atoms with Gasteiger partial charge in [-0.05, 0) is 31.9 Å². The van der Waals surface area contributed by atoms with Crippen molar-refractivity contribution in [3.8, 4) is 0 Å². The van der Waals surface area contributed by atoms with Gasteiger partial charge in [0, 0.05) is 49.3 Å². The van der Waals surface area contributed by atoms with Gasteiger partial charge in [0.15, 0.2) is 0 Å². The normalized spacial score (nSPS) is 22.3. The lowest BCUT2D eigenvalue weighted by molar-refractivity contribution is -0.131. The molecule has 2 fully saturated rings. The molecule has 7 nitrogen and oxygen atoms in total. The molecule has 0 radical (unpaired) electrons.